The number of aryl methyl sites for hydroxylation is 2. The van der Waals surface area contributed by atoms with Crippen molar-refractivity contribution in [2.45, 2.75) is 0 Å². The van der Waals surface area contributed by atoms with Crippen LogP contribution < -0.4 is 9.47 Å². The van der Waals surface area contributed by atoms with Gasteiger partial charge in [0.15, 0.2) is 17.3 Å². The minimum absolute atomic E-state index is 0.715. The Labute approximate surface area is 151 Å². The van der Waals surface area contributed by atoms with E-state index in [4.69, 9.17) is 9.47 Å². The number of ether oxygens (including phenoxy) is 2. The second-order valence-corrected chi connectivity index (χ2v) is 6.57. The van der Waals surface area contributed by atoms with E-state index in [0.29, 0.717) is 5.76 Å². The van der Waals surface area contributed by atoms with Crippen LogP contribution in [0.2, 0.25) is 0 Å². The fourth-order valence-corrected chi connectivity index (χ4v) is 3.56. The summed E-state index contributed by atoms with van der Waals surface area (Å²) >= 11 is 0. The van der Waals surface area contributed by atoms with E-state index in [2.05, 4.69) is 59.0 Å². The second-order valence-electron chi connectivity index (χ2n) is 6.57. The molecule has 2 aromatic heterocycles. The molecule has 0 saturated carbocycles. The number of nitrogens with zero attached hydrogens (tertiary/aromatic N) is 2. The monoisotopic (exact) mass is 342 g/mol. The highest BCUT2D eigenvalue weighted by Gasteiger charge is 2.21. The van der Waals surface area contributed by atoms with Gasteiger partial charge in [-0.15, -0.1) is 0 Å². The van der Waals surface area contributed by atoms with E-state index in [-0.39, 0.29) is 0 Å². The standard InChI is InChI=1S/C22H18N2O2/c1-23-11-16(17-13-24(2)19-8-4-3-7-15(17)19)18(12-23)22-14-25-20-9-5-6-10-21(20)26-22/h3-14H,1-2H3. The van der Waals surface area contributed by atoms with Gasteiger partial charge in [-0.1, -0.05) is 30.3 Å². The van der Waals surface area contributed by atoms with E-state index in [1.807, 2.05) is 31.3 Å². The molecule has 0 aliphatic carbocycles. The first kappa shape index (κ1) is 14.9. The lowest BCUT2D eigenvalue weighted by Gasteiger charge is -2.18. The van der Waals surface area contributed by atoms with Gasteiger partial charge in [0.2, 0.25) is 0 Å². The number of fused-ring (bicyclic) bond motifs is 2. The number of para-hydroxylation sites is 3. The lowest BCUT2D eigenvalue weighted by atomic mass is 10.0. The maximum absolute atomic E-state index is 6.13. The van der Waals surface area contributed by atoms with Gasteiger partial charge in [0.25, 0.3) is 0 Å². The molecule has 0 amide bonds. The van der Waals surface area contributed by atoms with Crippen LogP contribution in [-0.2, 0) is 14.1 Å². The van der Waals surface area contributed by atoms with Crippen LogP contribution in [-0.4, -0.2) is 9.13 Å². The van der Waals surface area contributed by atoms with Crippen LogP contribution in [0.4, 0.5) is 0 Å². The largest absolute Gasteiger partial charge is 0.457 e. The Morgan fingerprint density at radius 3 is 2.35 bits per heavy atom. The van der Waals surface area contributed by atoms with E-state index < -0.39 is 0 Å². The first-order valence-electron chi connectivity index (χ1n) is 8.55. The van der Waals surface area contributed by atoms with Gasteiger partial charge in [-0.05, 0) is 18.2 Å². The van der Waals surface area contributed by atoms with Crippen molar-refractivity contribution in [3.8, 4) is 22.6 Å². The van der Waals surface area contributed by atoms with Crippen molar-refractivity contribution in [1.82, 2.24) is 9.13 Å². The Kier molecular flexibility index (Phi) is 3.19. The predicted octanol–water partition coefficient (Wildman–Crippen LogP) is 4.95. The van der Waals surface area contributed by atoms with Crippen LogP contribution in [0.25, 0.3) is 27.8 Å². The van der Waals surface area contributed by atoms with Gasteiger partial charge < -0.3 is 18.6 Å². The zero-order valence-electron chi connectivity index (χ0n) is 14.6. The van der Waals surface area contributed by atoms with Crippen LogP contribution in [0.3, 0.4) is 0 Å². The molecule has 0 atom stereocenters. The number of rotatable bonds is 2. The molecule has 0 N–H and O–H groups in total. The van der Waals surface area contributed by atoms with Gasteiger partial charge in [-0.25, -0.2) is 0 Å². The van der Waals surface area contributed by atoms with E-state index >= 15 is 0 Å². The van der Waals surface area contributed by atoms with Crippen molar-refractivity contribution >= 4 is 16.7 Å². The zero-order valence-corrected chi connectivity index (χ0v) is 14.6. The molecule has 128 valence electrons. The predicted molar refractivity (Wildman–Crippen MR) is 103 cm³/mol. The number of benzene rings is 2. The van der Waals surface area contributed by atoms with Crippen molar-refractivity contribution < 1.29 is 9.47 Å². The number of aromatic nitrogens is 2. The lowest BCUT2D eigenvalue weighted by Crippen LogP contribution is -2.04. The molecule has 0 fully saturated rings. The molecule has 0 unspecified atom stereocenters. The minimum atomic E-state index is 0.715. The second kappa shape index (κ2) is 5.56. The summed E-state index contributed by atoms with van der Waals surface area (Å²) in [7, 11) is 4.10. The topological polar surface area (TPSA) is 28.3 Å². The SMILES string of the molecule is Cn1cc(C2=COc3ccccc3O2)c(-c2cn(C)c3ccccc23)c1. The highest BCUT2D eigenvalue weighted by Crippen LogP contribution is 2.40. The van der Waals surface area contributed by atoms with Crippen molar-refractivity contribution in [1.29, 1.82) is 0 Å². The molecule has 1 aliphatic heterocycles. The Bertz CT molecular complexity index is 1160. The van der Waals surface area contributed by atoms with Gasteiger partial charge in [-0.3, -0.25) is 0 Å². The maximum atomic E-state index is 6.13. The third-order valence-electron chi connectivity index (χ3n) is 4.77. The maximum Gasteiger partial charge on any atom is 0.172 e. The Balaban J connectivity index is 1.66. The molecule has 0 bridgehead atoms. The molecular formula is C22H18N2O2. The highest BCUT2D eigenvalue weighted by molar-refractivity contribution is 5.98. The highest BCUT2D eigenvalue weighted by atomic mass is 16.6. The summed E-state index contributed by atoms with van der Waals surface area (Å²) < 4.78 is 16.1. The van der Waals surface area contributed by atoms with E-state index in [0.717, 1.165) is 22.6 Å². The van der Waals surface area contributed by atoms with Crippen molar-refractivity contribution in [2.24, 2.45) is 14.1 Å². The van der Waals surface area contributed by atoms with E-state index in [9.17, 15) is 0 Å². The van der Waals surface area contributed by atoms with E-state index in [1.165, 1.54) is 16.5 Å². The Morgan fingerprint density at radius 1 is 0.731 bits per heavy atom. The van der Waals surface area contributed by atoms with E-state index in [1.54, 1.807) is 6.26 Å². The minimum Gasteiger partial charge on any atom is -0.457 e. The normalized spacial score (nSPS) is 13.1. The van der Waals surface area contributed by atoms with Gasteiger partial charge >= 0.3 is 0 Å². The summed E-state index contributed by atoms with van der Waals surface area (Å²) in [6.07, 6.45) is 8.05. The van der Waals surface area contributed by atoms with Crippen molar-refractivity contribution in [2.75, 3.05) is 0 Å². The van der Waals surface area contributed by atoms with Crippen molar-refractivity contribution in [3.05, 3.63) is 78.9 Å². The Hall–Kier alpha value is -3.40. The summed E-state index contributed by atoms with van der Waals surface area (Å²) in [5, 5.41) is 1.22. The molecule has 0 saturated heterocycles. The summed E-state index contributed by atoms with van der Waals surface area (Å²) in [6.45, 7) is 0. The first-order chi connectivity index (χ1) is 12.7. The third kappa shape index (κ3) is 2.23. The van der Waals surface area contributed by atoms with Crippen LogP contribution in [0.5, 0.6) is 11.5 Å². The quantitative estimate of drug-likeness (QED) is 0.515. The molecule has 4 aromatic rings. The lowest BCUT2D eigenvalue weighted by molar-refractivity contribution is 0.383. The van der Waals surface area contributed by atoms with Gasteiger partial charge in [0.1, 0.15) is 6.26 Å². The summed E-state index contributed by atoms with van der Waals surface area (Å²) in [6, 6.07) is 16.1. The number of hydrogen-bond donors (Lipinski definition) is 0. The molecule has 3 heterocycles. The van der Waals surface area contributed by atoms with Gasteiger partial charge in [0, 0.05) is 60.3 Å². The fraction of sp³-hybridized carbons (Fsp3) is 0.0909. The molecule has 26 heavy (non-hydrogen) atoms. The van der Waals surface area contributed by atoms with Crippen LogP contribution in [0.1, 0.15) is 5.56 Å². The average molecular weight is 342 g/mol. The zero-order chi connectivity index (χ0) is 17.7. The smallest absolute Gasteiger partial charge is 0.172 e. The van der Waals surface area contributed by atoms with Crippen molar-refractivity contribution in [3.63, 3.8) is 0 Å². The average Bonchev–Trinajstić information content (AvgIpc) is 3.22. The van der Waals surface area contributed by atoms with Crippen LogP contribution in [0, 0.1) is 0 Å². The third-order valence-corrected chi connectivity index (χ3v) is 4.77. The number of hydrogen-bond acceptors (Lipinski definition) is 2. The molecule has 0 radical (unpaired) electrons. The van der Waals surface area contributed by atoms with Gasteiger partial charge in [-0.2, -0.15) is 0 Å². The molecule has 4 heteroatoms. The summed E-state index contributed by atoms with van der Waals surface area (Å²) in [4.78, 5) is 0. The Morgan fingerprint density at radius 2 is 1.46 bits per heavy atom. The van der Waals surface area contributed by atoms with Crippen LogP contribution >= 0.6 is 0 Å². The fourth-order valence-electron chi connectivity index (χ4n) is 3.56. The molecule has 1 aliphatic rings. The summed E-state index contributed by atoms with van der Waals surface area (Å²) in [5.41, 5.74) is 4.52. The van der Waals surface area contributed by atoms with Gasteiger partial charge in [0.05, 0.1) is 0 Å². The molecule has 2 aromatic carbocycles. The molecule has 5 rings (SSSR count). The molecule has 4 nitrogen and oxygen atoms in total. The first-order valence-corrected chi connectivity index (χ1v) is 8.55. The summed E-state index contributed by atoms with van der Waals surface area (Å²) in [5.74, 6) is 2.18. The molecular weight excluding hydrogens is 324 g/mol. The van der Waals surface area contributed by atoms with Crippen LogP contribution in [0.15, 0.2) is 73.4 Å². The molecule has 0 spiro atoms.